The number of benzene rings is 1. The molecular formula is C12H15Cl2NO4S. The Labute approximate surface area is 128 Å². The molecule has 1 aliphatic heterocycles. The highest BCUT2D eigenvalue weighted by Gasteiger charge is 2.28. The van der Waals surface area contributed by atoms with Gasteiger partial charge in [0, 0.05) is 24.7 Å². The number of sulfonamides is 1. The minimum atomic E-state index is -3.71. The summed E-state index contributed by atoms with van der Waals surface area (Å²) in [5.41, 5.74) is 0.334. The largest absolute Gasteiger partial charge is 0.392 e. The molecule has 0 atom stereocenters. The molecule has 1 aromatic rings. The highest BCUT2D eigenvalue weighted by Crippen LogP contribution is 2.31. The SMILES string of the molecule is O=S(=O)(c1cc(CO)c(Cl)cc1Cl)N1CCCOCC1. The molecule has 1 N–H and O–H groups in total. The smallest absolute Gasteiger partial charge is 0.244 e. The zero-order valence-corrected chi connectivity index (χ0v) is 13.0. The summed E-state index contributed by atoms with van der Waals surface area (Å²) < 4.78 is 31.8. The molecule has 8 heteroatoms. The van der Waals surface area contributed by atoms with Gasteiger partial charge < -0.3 is 9.84 Å². The molecule has 1 aliphatic rings. The Kier molecular flexibility index (Phi) is 5.28. The van der Waals surface area contributed by atoms with Crippen molar-refractivity contribution < 1.29 is 18.3 Å². The highest BCUT2D eigenvalue weighted by atomic mass is 35.5. The fourth-order valence-corrected chi connectivity index (χ4v) is 4.29. The maximum atomic E-state index is 12.6. The van der Waals surface area contributed by atoms with Gasteiger partial charge in [-0.2, -0.15) is 4.31 Å². The third-order valence-electron chi connectivity index (χ3n) is 3.07. The van der Waals surface area contributed by atoms with Crippen LogP contribution in [0.4, 0.5) is 0 Å². The van der Waals surface area contributed by atoms with Crippen LogP contribution in [-0.2, 0) is 21.4 Å². The van der Waals surface area contributed by atoms with Crippen molar-refractivity contribution in [2.45, 2.75) is 17.9 Å². The normalized spacial score (nSPS) is 17.9. The second-order valence-electron chi connectivity index (χ2n) is 4.40. The van der Waals surface area contributed by atoms with Gasteiger partial charge in [-0.1, -0.05) is 23.2 Å². The van der Waals surface area contributed by atoms with Gasteiger partial charge in [-0.3, -0.25) is 0 Å². The summed E-state index contributed by atoms with van der Waals surface area (Å²) in [4.78, 5) is -0.0329. The van der Waals surface area contributed by atoms with Crippen LogP contribution in [0.1, 0.15) is 12.0 Å². The molecule has 5 nitrogen and oxygen atoms in total. The van der Waals surface area contributed by atoms with E-state index >= 15 is 0 Å². The Morgan fingerprint density at radius 1 is 1.20 bits per heavy atom. The number of nitrogens with zero attached hydrogens (tertiary/aromatic N) is 1. The first kappa shape index (κ1) is 16.0. The lowest BCUT2D eigenvalue weighted by atomic mass is 10.2. The van der Waals surface area contributed by atoms with Crippen molar-refractivity contribution >= 4 is 33.2 Å². The maximum absolute atomic E-state index is 12.6. The summed E-state index contributed by atoms with van der Waals surface area (Å²) in [7, 11) is -3.71. The van der Waals surface area contributed by atoms with E-state index in [-0.39, 0.29) is 28.1 Å². The van der Waals surface area contributed by atoms with Crippen LogP contribution in [0.3, 0.4) is 0 Å². The number of hydrogen-bond donors (Lipinski definition) is 1. The van der Waals surface area contributed by atoms with Crippen molar-refractivity contribution in [1.82, 2.24) is 4.31 Å². The molecule has 20 heavy (non-hydrogen) atoms. The third-order valence-corrected chi connectivity index (χ3v) is 5.79. The fraction of sp³-hybridized carbons (Fsp3) is 0.500. The van der Waals surface area contributed by atoms with Crippen molar-refractivity contribution in [2.24, 2.45) is 0 Å². The van der Waals surface area contributed by atoms with Gasteiger partial charge in [-0.15, -0.1) is 0 Å². The molecule has 0 radical (unpaired) electrons. The molecule has 1 fully saturated rings. The monoisotopic (exact) mass is 339 g/mol. The second-order valence-corrected chi connectivity index (χ2v) is 7.12. The zero-order chi connectivity index (χ0) is 14.8. The van der Waals surface area contributed by atoms with Crippen LogP contribution in [0, 0.1) is 0 Å². The van der Waals surface area contributed by atoms with Crippen LogP contribution in [0.25, 0.3) is 0 Å². The number of ether oxygens (including phenoxy) is 1. The molecule has 1 saturated heterocycles. The van der Waals surface area contributed by atoms with Crippen LogP contribution >= 0.6 is 23.2 Å². The van der Waals surface area contributed by atoms with Crippen molar-refractivity contribution in [3.05, 3.63) is 27.7 Å². The minimum Gasteiger partial charge on any atom is -0.392 e. The van der Waals surface area contributed by atoms with Gasteiger partial charge in [-0.05, 0) is 24.1 Å². The van der Waals surface area contributed by atoms with Gasteiger partial charge in [0.15, 0.2) is 0 Å². The van der Waals surface area contributed by atoms with Crippen LogP contribution in [-0.4, -0.2) is 44.1 Å². The van der Waals surface area contributed by atoms with E-state index in [2.05, 4.69) is 0 Å². The fourth-order valence-electron chi connectivity index (χ4n) is 1.99. The van der Waals surface area contributed by atoms with Gasteiger partial charge >= 0.3 is 0 Å². The zero-order valence-electron chi connectivity index (χ0n) is 10.7. The Morgan fingerprint density at radius 2 is 1.95 bits per heavy atom. The molecule has 0 bridgehead atoms. The van der Waals surface area contributed by atoms with Crippen molar-refractivity contribution in [3.63, 3.8) is 0 Å². The standard InChI is InChI=1S/C12H15Cl2NO4S/c13-10-7-11(14)12(6-9(10)8-16)20(17,18)15-2-1-4-19-5-3-15/h6-7,16H,1-5,8H2. The van der Waals surface area contributed by atoms with Gasteiger partial charge in [0.25, 0.3) is 0 Å². The molecule has 0 saturated carbocycles. The van der Waals surface area contributed by atoms with E-state index < -0.39 is 10.0 Å². The van der Waals surface area contributed by atoms with Crippen LogP contribution in [0.15, 0.2) is 17.0 Å². The Hall–Kier alpha value is -0.370. The van der Waals surface area contributed by atoms with Crippen LogP contribution in [0.2, 0.25) is 10.0 Å². The molecule has 0 aromatic heterocycles. The van der Waals surface area contributed by atoms with Gasteiger partial charge in [0.1, 0.15) is 4.90 Å². The Bertz CT molecular complexity index is 583. The topological polar surface area (TPSA) is 66.8 Å². The summed E-state index contributed by atoms with van der Waals surface area (Å²) in [5.74, 6) is 0. The summed E-state index contributed by atoms with van der Waals surface area (Å²) in [6.07, 6.45) is 0.636. The lowest BCUT2D eigenvalue weighted by Crippen LogP contribution is -2.33. The molecule has 0 amide bonds. The molecule has 1 heterocycles. The second kappa shape index (κ2) is 6.60. The predicted octanol–water partition coefficient (Wildman–Crippen LogP) is 1.90. The third kappa shape index (κ3) is 3.27. The number of hydrogen-bond acceptors (Lipinski definition) is 4. The summed E-state index contributed by atoms with van der Waals surface area (Å²) in [6.45, 7) is 1.23. The minimum absolute atomic E-state index is 0.0329. The first-order chi connectivity index (χ1) is 9.46. The number of halogens is 2. The average molecular weight is 340 g/mol. The molecule has 0 aliphatic carbocycles. The lowest BCUT2D eigenvalue weighted by Gasteiger charge is -2.20. The molecule has 0 spiro atoms. The number of aliphatic hydroxyl groups is 1. The number of aliphatic hydroxyl groups excluding tert-OH is 1. The first-order valence-corrected chi connectivity index (χ1v) is 8.33. The molecule has 1 aromatic carbocycles. The Balaban J connectivity index is 2.42. The van der Waals surface area contributed by atoms with E-state index in [0.29, 0.717) is 31.7 Å². The van der Waals surface area contributed by atoms with E-state index in [9.17, 15) is 13.5 Å². The van der Waals surface area contributed by atoms with Gasteiger partial charge in [-0.25, -0.2) is 8.42 Å². The van der Waals surface area contributed by atoms with E-state index in [1.807, 2.05) is 0 Å². The van der Waals surface area contributed by atoms with E-state index in [1.165, 1.54) is 16.4 Å². The van der Waals surface area contributed by atoms with Crippen LogP contribution < -0.4 is 0 Å². The lowest BCUT2D eigenvalue weighted by molar-refractivity contribution is 0.148. The van der Waals surface area contributed by atoms with Crippen molar-refractivity contribution in [3.8, 4) is 0 Å². The maximum Gasteiger partial charge on any atom is 0.244 e. The average Bonchev–Trinajstić information content (AvgIpc) is 2.67. The molecule has 112 valence electrons. The molecular weight excluding hydrogens is 325 g/mol. The summed E-state index contributed by atoms with van der Waals surface area (Å²) in [5, 5.41) is 9.50. The quantitative estimate of drug-likeness (QED) is 0.913. The van der Waals surface area contributed by atoms with Crippen LogP contribution in [0.5, 0.6) is 0 Å². The molecule has 2 rings (SSSR count). The van der Waals surface area contributed by atoms with Gasteiger partial charge in [0.05, 0.1) is 18.2 Å². The molecule has 0 unspecified atom stereocenters. The number of rotatable bonds is 3. The van der Waals surface area contributed by atoms with Gasteiger partial charge in [0.2, 0.25) is 10.0 Å². The van der Waals surface area contributed by atoms with Crippen molar-refractivity contribution in [2.75, 3.05) is 26.3 Å². The van der Waals surface area contributed by atoms with Crippen molar-refractivity contribution in [1.29, 1.82) is 0 Å². The Morgan fingerprint density at radius 3 is 2.65 bits per heavy atom. The first-order valence-electron chi connectivity index (χ1n) is 6.13. The summed E-state index contributed by atoms with van der Waals surface area (Å²) >= 11 is 11.9. The van der Waals surface area contributed by atoms with E-state index in [0.717, 1.165) is 0 Å². The van der Waals surface area contributed by atoms with E-state index in [1.54, 1.807) is 0 Å². The van der Waals surface area contributed by atoms with E-state index in [4.69, 9.17) is 27.9 Å². The predicted molar refractivity (Wildman–Crippen MR) is 76.6 cm³/mol. The summed E-state index contributed by atoms with van der Waals surface area (Å²) in [6, 6.07) is 2.67. The highest BCUT2D eigenvalue weighted by molar-refractivity contribution is 7.89.